The number of nitro benzene ring substituents is 2. The molecule has 11 nitrogen and oxygen atoms in total. The van der Waals surface area contributed by atoms with E-state index in [4.69, 9.17) is 4.74 Å². The lowest BCUT2D eigenvalue weighted by Crippen LogP contribution is -2.46. The molecule has 1 aliphatic rings. The average Bonchev–Trinajstić information content (AvgIpc) is 2.59. The van der Waals surface area contributed by atoms with Crippen molar-refractivity contribution in [3.05, 3.63) is 37.9 Å². The van der Waals surface area contributed by atoms with Crippen molar-refractivity contribution in [2.24, 2.45) is 0 Å². The number of carbonyl (C=O) groups is 1. The molecule has 11 heteroatoms. The summed E-state index contributed by atoms with van der Waals surface area (Å²) in [6.07, 6.45) is 0.154. The molecule has 0 radical (unpaired) electrons. The van der Waals surface area contributed by atoms with Crippen molar-refractivity contribution in [2.75, 3.05) is 38.6 Å². The standard InChI is InChI=1S/C16H22N4O7/c1-10-8-18(9-11(2)27-10)5-4-17-15-13(16(21)26-3)6-12(19(22)23)7-14(15)20(24)25/h6-7,10-11,17H,4-5,8-9H2,1-3H3. The summed E-state index contributed by atoms with van der Waals surface area (Å²) < 4.78 is 10.3. The minimum atomic E-state index is -0.891. The Bertz CT molecular complexity index is 730. The maximum absolute atomic E-state index is 12.0. The van der Waals surface area contributed by atoms with Gasteiger partial charge in [-0.15, -0.1) is 0 Å². The molecular weight excluding hydrogens is 360 g/mol. The van der Waals surface area contributed by atoms with Crippen molar-refractivity contribution in [2.45, 2.75) is 26.1 Å². The summed E-state index contributed by atoms with van der Waals surface area (Å²) in [4.78, 5) is 35.0. The molecule has 1 aromatic carbocycles. The summed E-state index contributed by atoms with van der Waals surface area (Å²) in [5, 5.41) is 25.3. The van der Waals surface area contributed by atoms with Gasteiger partial charge in [0.2, 0.25) is 0 Å². The van der Waals surface area contributed by atoms with E-state index in [2.05, 4.69) is 15.0 Å². The van der Waals surface area contributed by atoms with Crippen LogP contribution in [0, 0.1) is 20.2 Å². The predicted molar refractivity (Wildman–Crippen MR) is 96.0 cm³/mol. The Morgan fingerprint density at radius 1 is 1.26 bits per heavy atom. The summed E-state index contributed by atoms with van der Waals surface area (Å²) >= 11 is 0. The number of nitrogens with zero attached hydrogens (tertiary/aromatic N) is 3. The van der Waals surface area contributed by atoms with Crippen molar-refractivity contribution < 1.29 is 24.1 Å². The highest BCUT2D eigenvalue weighted by Gasteiger charge is 2.28. The van der Waals surface area contributed by atoms with Gasteiger partial charge in [-0.25, -0.2) is 4.79 Å². The highest BCUT2D eigenvalue weighted by molar-refractivity contribution is 5.99. The van der Waals surface area contributed by atoms with Gasteiger partial charge in [0.1, 0.15) is 5.69 Å². The third kappa shape index (κ3) is 5.11. The third-order valence-electron chi connectivity index (χ3n) is 4.14. The molecule has 0 amide bonds. The van der Waals surface area contributed by atoms with Gasteiger partial charge in [0, 0.05) is 32.2 Å². The first kappa shape index (κ1) is 20.5. The smallest absolute Gasteiger partial charge is 0.340 e. The van der Waals surface area contributed by atoms with Crippen LogP contribution in [-0.4, -0.2) is 66.2 Å². The molecule has 0 bridgehead atoms. The molecule has 0 saturated carbocycles. The van der Waals surface area contributed by atoms with Crippen LogP contribution in [0.4, 0.5) is 17.1 Å². The molecule has 0 aliphatic carbocycles. The number of esters is 1. The Kier molecular flexibility index (Phi) is 6.64. The molecule has 1 fully saturated rings. The number of anilines is 1. The van der Waals surface area contributed by atoms with Gasteiger partial charge in [-0.2, -0.15) is 0 Å². The van der Waals surface area contributed by atoms with Gasteiger partial charge in [-0.05, 0) is 13.8 Å². The Labute approximate surface area is 155 Å². The van der Waals surface area contributed by atoms with Gasteiger partial charge < -0.3 is 14.8 Å². The first-order chi connectivity index (χ1) is 12.7. The maximum atomic E-state index is 12.0. The first-order valence-electron chi connectivity index (χ1n) is 8.39. The number of nitrogens with one attached hydrogen (secondary N) is 1. The Morgan fingerprint density at radius 3 is 2.41 bits per heavy atom. The van der Waals surface area contributed by atoms with Gasteiger partial charge in [-0.3, -0.25) is 25.1 Å². The zero-order valence-electron chi connectivity index (χ0n) is 15.3. The monoisotopic (exact) mass is 382 g/mol. The molecule has 1 saturated heterocycles. The number of morpholine rings is 1. The van der Waals surface area contributed by atoms with E-state index in [9.17, 15) is 25.0 Å². The van der Waals surface area contributed by atoms with Crippen LogP contribution in [0.2, 0.25) is 0 Å². The van der Waals surface area contributed by atoms with Gasteiger partial charge in [-0.1, -0.05) is 0 Å². The topological polar surface area (TPSA) is 137 Å². The maximum Gasteiger partial charge on any atom is 0.340 e. The number of carbonyl (C=O) groups excluding carboxylic acids is 1. The van der Waals surface area contributed by atoms with Gasteiger partial charge >= 0.3 is 5.97 Å². The second kappa shape index (κ2) is 8.73. The summed E-state index contributed by atoms with van der Waals surface area (Å²) in [6.45, 7) is 6.24. The molecule has 1 aliphatic heterocycles. The summed E-state index contributed by atoms with van der Waals surface area (Å²) in [7, 11) is 1.10. The Morgan fingerprint density at radius 2 is 1.89 bits per heavy atom. The van der Waals surface area contributed by atoms with Crippen LogP contribution in [0.5, 0.6) is 0 Å². The van der Waals surface area contributed by atoms with Crippen LogP contribution in [0.25, 0.3) is 0 Å². The van der Waals surface area contributed by atoms with E-state index >= 15 is 0 Å². The average molecular weight is 382 g/mol. The molecule has 148 valence electrons. The molecular formula is C16H22N4O7. The number of rotatable bonds is 7. The lowest BCUT2D eigenvalue weighted by molar-refractivity contribution is -0.393. The molecule has 1 N–H and O–H groups in total. The quantitative estimate of drug-likeness (QED) is 0.425. The minimum Gasteiger partial charge on any atom is -0.465 e. The molecule has 1 aromatic rings. The fourth-order valence-electron chi connectivity index (χ4n) is 3.12. The summed E-state index contributed by atoms with van der Waals surface area (Å²) in [5.41, 5.74) is -1.44. The Hall–Kier alpha value is -2.79. The summed E-state index contributed by atoms with van der Waals surface area (Å²) in [6, 6.07) is 1.80. The normalized spacial score (nSPS) is 20.1. The van der Waals surface area contributed by atoms with Gasteiger partial charge in [0.25, 0.3) is 11.4 Å². The van der Waals surface area contributed by atoms with Crippen LogP contribution in [0.3, 0.4) is 0 Å². The van der Waals surface area contributed by atoms with E-state index in [0.29, 0.717) is 13.1 Å². The highest BCUT2D eigenvalue weighted by atomic mass is 16.6. The number of hydrogen-bond donors (Lipinski definition) is 1. The molecule has 2 atom stereocenters. The van der Waals surface area contributed by atoms with E-state index < -0.39 is 27.2 Å². The van der Waals surface area contributed by atoms with E-state index in [-0.39, 0.29) is 23.5 Å². The fraction of sp³-hybridized carbons (Fsp3) is 0.562. The van der Waals surface area contributed by atoms with Crippen LogP contribution >= 0.6 is 0 Å². The molecule has 2 unspecified atom stereocenters. The zero-order chi connectivity index (χ0) is 20.1. The van der Waals surface area contributed by atoms with Crippen LogP contribution < -0.4 is 5.32 Å². The number of benzene rings is 1. The number of nitro groups is 2. The molecule has 1 heterocycles. The molecule has 27 heavy (non-hydrogen) atoms. The second-order valence-corrected chi connectivity index (χ2v) is 6.34. The Balaban J connectivity index is 2.24. The SMILES string of the molecule is COC(=O)c1cc([N+](=O)[O-])cc([N+](=O)[O-])c1NCCN1CC(C)OC(C)C1. The van der Waals surface area contributed by atoms with Crippen molar-refractivity contribution in [3.8, 4) is 0 Å². The number of hydrogen-bond acceptors (Lipinski definition) is 9. The van der Waals surface area contributed by atoms with E-state index in [1.54, 1.807) is 0 Å². The highest BCUT2D eigenvalue weighted by Crippen LogP contribution is 2.33. The van der Waals surface area contributed by atoms with E-state index in [1.807, 2.05) is 13.8 Å². The summed E-state index contributed by atoms with van der Waals surface area (Å²) in [5.74, 6) is -0.891. The second-order valence-electron chi connectivity index (χ2n) is 6.34. The van der Waals surface area contributed by atoms with Crippen molar-refractivity contribution in [3.63, 3.8) is 0 Å². The van der Waals surface area contributed by atoms with E-state index in [1.165, 1.54) is 0 Å². The first-order valence-corrected chi connectivity index (χ1v) is 8.39. The van der Waals surface area contributed by atoms with Crippen LogP contribution in [-0.2, 0) is 9.47 Å². The van der Waals surface area contributed by atoms with Crippen LogP contribution in [0.15, 0.2) is 12.1 Å². The molecule has 2 rings (SSSR count). The molecule has 0 aromatic heterocycles. The van der Waals surface area contributed by atoms with Gasteiger partial charge in [0.15, 0.2) is 0 Å². The lowest BCUT2D eigenvalue weighted by atomic mass is 10.1. The molecule has 0 spiro atoms. The minimum absolute atomic E-state index is 0.0769. The fourth-order valence-corrected chi connectivity index (χ4v) is 3.12. The van der Waals surface area contributed by atoms with Crippen LogP contribution in [0.1, 0.15) is 24.2 Å². The lowest BCUT2D eigenvalue weighted by Gasteiger charge is -2.35. The zero-order valence-corrected chi connectivity index (χ0v) is 15.3. The number of methoxy groups -OCH3 is 1. The van der Waals surface area contributed by atoms with Crippen molar-refractivity contribution in [1.82, 2.24) is 4.90 Å². The van der Waals surface area contributed by atoms with E-state index in [0.717, 1.165) is 32.3 Å². The number of non-ortho nitro benzene ring substituents is 1. The van der Waals surface area contributed by atoms with Crippen molar-refractivity contribution >= 4 is 23.0 Å². The largest absolute Gasteiger partial charge is 0.465 e. The number of ether oxygens (including phenoxy) is 2. The third-order valence-corrected chi connectivity index (χ3v) is 4.14. The van der Waals surface area contributed by atoms with Crippen molar-refractivity contribution in [1.29, 1.82) is 0 Å². The van der Waals surface area contributed by atoms with Gasteiger partial charge in [0.05, 0.1) is 40.8 Å². The predicted octanol–water partition coefficient (Wildman–Crippen LogP) is 1.81.